The summed E-state index contributed by atoms with van der Waals surface area (Å²) in [6.07, 6.45) is 1.20. The van der Waals surface area contributed by atoms with Gasteiger partial charge in [-0.15, -0.1) is 0 Å². The third-order valence-corrected chi connectivity index (χ3v) is 3.50. The second-order valence-corrected chi connectivity index (χ2v) is 5.14. The molecular weight excluding hydrogens is 236 g/mol. The van der Waals surface area contributed by atoms with Gasteiger partial charge in [-0.3, -0.25) is 0 Å². The summed E-state index contributed by atoms with van der Waals surface area (Å²) < 4.78 is 0. The number of hydrogen-bond donors (Lipinski definition) is 3. The molecule has 1 aromatic carbocycles. The van der Waals surface area contributed by atoms with Crippen molar-refractivity contribution in [3.63, 3.8) is 0 Å². The van der Waals surface area contributed by atoms with Gasteiger partial charge < -0.3 is 15.6 Å². The third-order valence-electron chi connectivity index (χ3n) is 3.50. The summed E-state index contributed by atoms with van der Waals surface area (Å²) in [5, 5.41) is 6.78. The topological polar surface area (TPSA) is 52.7 Å². The monoisotopic (exact) mass is 260 g/mol. The quantitative estimate of drug-likeness (QED) is 0.715. The van der Waals surface area contributed by atoms with Gasteiger partial charge in [-0.1, -0.05) is 19.4 Å². The SMILES string of the molecule is CCC(CNC)CNCc1ccc2nc(C)[nH]c2c1. The normalized spacial score (nSPS) is 13.0. The molecular formula is C15H24N4. The zero-order chi connectivity index (χ0) is 13.7. The van der Waals surface area contributed by atoms with Crippen LogP contribution in [0.2, 0.25) is 0 Å². The van der Waals surface area contributed by atoms with Gasteiger partial charge in [0, 0.05) is 6.54 Å². The van der Waals surface area contributed by atoms with Crippen LogP contribution in [0.5, 0.6) is 0 Å². The van der Waals surface area contributed by atoms with Crippen molar-refractivity contribution in [1.82, 2.24) is 20.6 Å². The number of nitrogens with one attached hydrogen (secondary N) is 3. The van der Waals surface area contributed by atoms with Crippen LogP contribution in [-0.4, -0.2) is 30.1 Å². The first-order valence-electron chi connectivity index (χ1n) is 7.03. The second kappa shape index (κ2) is 6.68. The lowest BCUT2D eigenvalue weighted by Crippen LogP contribution is -2.29. The lowest BCUT2D eigenvalue weighted by Gasteiger charge is -2.15. The molecule has 0 saturated heterocycles. The summed E-state index contributed by atoms with van der Waals surface area (Å²) >= 11 is 0. The highest BCUT2D eigenvalue weighted by Crippen LogP contribution is 2.13. The van der Waals surface area contributed by atoms with Gasteiger partial charge in [0.15, 0.2) is 0 Å². The number of imidazole rings is 1. The Balaban J connectivity index is 1.90. The van der Waals surface area contributed by atoms with Crippen LogP contribution in [0.15, 0.2) is 18.2 Å². The molecule has 0 aliphatic rings. The molecule has 1 unspecified atom stereocenters. The molecule has 0 fully saturated rings. The summed E-state index contributed by atoms with van der Waals surface area (Å²) in [5.74, 6) is 1.67. The van der Waals surface area contributed by atoms with E-state index in [4.69, 9.17) is 0 Å². The Morgan fingerprint density at radius 3 is 2.89 bits per heavy atom. The minimum absolute atomic E-state index is 0.697. The molecule has 1 aromatic heterocycles. The summed E-state index contributed by atoms with van der Waals surface area (Å²) in [6, 6.07) is 6.41. The number of H-pyrrole nitrogens is 1. The maximum absolute atomic E-state index is 4.42. The Morgan fingerprint density at radius 1 is 1.32 bits per heavy atom. The summed E-state index contributed by atoms with van der Waals surface area (Å²) in [6.45, 7) is 7.26. The van der Waals surface area contributed by atoms with Crippen LogP contribution in [0, 0.1) is 12.8 Å². The Kier molecular flexibility index (Phi) is 4.93. The minimum Gasteiger partial charge on any atom is -0.342 e. The van der Waals surface area contributed by atoms with E-state index < -0.39 is 0 Å². The van der Waals surface area contributed by atoms with Crippen LogP contribution in [0.1, 0.15) is 24.7 Å². The number of aromatic amines is 1. The fourth-order valence-electron chi connectivity index (χ4n) is 2.36. The van der Waals surface area contributed by atoms with Crippen molar-refractivity contribution < 1.29 is 0 Å². The summed E-state index contributed by atoms with van der Waals surface area (Å²) in [5.41, 5.74) is 3.47. The van der Waals surface area contributed by atoms with E-state index >= 15 is 0 Å². The van der Waals surface area contributed by atoms with Gasteiger partial charge in [0.25, 0.3) is 0 Å². The van der Waals surface area contributed by atoms with Crippen LogP contribution in [0.4, 0.5) is 0 Å². The van der Waals surface area contributed by atoms with Gasteiger partial charge in [-0.05, 0) is 50.7 Å². The highest BCUT2D eigenvalue weighted by atomic mass is 14.9. The standard InChI is InChI=1S/C15H24N4/c1-4-12(8-16-3)9-17-10-13-5-6-14-15(7-13)19-11(2)18-14/h5-7,12,16-17H,4,8-10H2,1-3H3,(H,18,19). The molecule has 19 heavy (non-hydrogen) atoms. The second-order valence-electron chi connectivity index (χ2n) is 5.14. The predicted octanol–water partition coefficient (Wildman–Crippen LogP) is 2.21. The Bertz CT molecular complexity index is 518. The number of fused-ring (bicyclic) bond motifs is 1. The van der Waals surface area contributed by atoms with Crippen molar-refractivity contribution in [2.75, 3.05) is 20.1 Å². The lowest BCUT2D eigenvalue weighted by atomic mass is 10.1. The van der Waals surface area contributed by atoms with Crippen molar-refractivity contribution in [2.24, 2.45) is 5.92 Å². The molecule has 104 valence electrons. The summed E-state index contributed by atoms with van der Waals surface area (Å²) in [7, 11) is 2.01. The van der Waals surface area contributed by atoms with Crippen LogP contribution in [0.25, 0.3) is 11.0 Å². The van der Waals surface area contributed by atoms with E-state index in [0.717, 1.165) is 36.5 Å². The predicted molar refractivity (Wildman–Crippen MR) is 80.2 cm³/mol. The van der Waals surface area contributed by atoms with Crippen LogP contribution in [0.3, 0.4) is 0 Å². The molecule has 0 aliphatic carbocycles. The number of nitrogens with zero attached hydrogens (tertiary/aromatic N) is 1. The molecule has 4 heteroatoms. The number of hydrogen-bond acceptors (Lipinski definition) is 3. The number of rotatable bonds is 7. The third kappa shape index (κ3) is 3.78. The molecule has 2 rings (SSSR count). The average molecular weight is 260 g/mol. The van der Waals surface area contributed by atoms with E-state index in [1.807, 2.05) is 14.0 Å². The molecule has 1 atom stereocenters. The molecule has 0 amide bonds. The molecule has 4 nitrogen and oxygen atoms in total. The minimum atomic E-state index is 0.697. The number of aromatic nitrogens is 2. The maximum atomic E-state index is 4.42. The first-order chi connectivity index (χ1) is 9.22. The van der Waals surface area contributed by atoms with Crippen molar-refractivity contribution in [2.45, 2.75) is 26.8 Å². The Morgan fingerprint density at radius 2 is 2.16 bits per heavy atom. The van der Waals surface area contributed by atoms with Gasteiger partial charge in [-0.2, -0.15) is 0 Å². The largest absolute Gasteiger partial charge is 0.342 e. The summed E-state index contributed by atoms with van der Waals surface area (Å²) in [4.78, 5) is 7.70. The smallest absolute Gasteiger partial charge is 0.104 e. The van der Waals surface area contributed by atoms with Crippen molar-refractivity contribution in [3.05, 3.63) is 29.6 Å². The first kappa shape index (κ1) is 14.0. The zero-order valence-corrected chi connectivity index (χ0v) is 12.1. The Labute approximate surface area is 115 Å². The van der Waals surface area contributed by atoms with Crippen molar-refractivity contribution in [3.8, 4) is 0 Å². The number of benzene rings is 1. The van der Waals surface area contributed by atoms with E-state index in [2.05, 4.69) is 45.7 Å². The molecule has 3 N–H and O–H groups in total. The molecule has 0 aliphatic heterocycles. The molecule has 0 radical (unpaired) electrons. The number of aryl methyl sites for hydroxylation is 1. The average Bonchev–Trinajstić information content (AvgIpc) is 2.77. The van der Waals surface area contributed by atoms with Gasteiger partial charge in [0.05, 0.1) is 11.0 Å². The molecule has 1 heterocycles. The fraction of sp³-hybridized carbons (Fsp3) is 0.533. The van der Waals surface area contributed by atoms with E-state index in [1.54, 1.807) is 0 Å². The Hall–Kier alpha value is -1.39. The van der Waals surface area contributed by atoms with E-state index in [0.29, 0.717) is 5.92 Å². The molecule has 0 bridgehead atoms. The molecule has 0 saturated carbocycles. The van der Waals surface area contributed by atoms with Gasteiger partial charge >= 0.3 is 0 Å². The fourth-order valence-corrected chi connectivity index (χ4v) is 2.36. The van der Waals surface area contributed by atoms with E-state index in [-0.39, 0.29) is 0 Å². The molecule has 2 aromatic rings. The van der Waals surface area contributed by atoms with Crippen LogP contribution >= 0.6 is 0 Å². The van der Waals surface area contributed by atoms with E-state index in [9.17, 15) is 0 Å². The lowest BCUT2D eigenvalue weighted by molar-refractivity contribution is 0.445. The van der Waals surface area contributed by atoms with Crippen molar-refractivity contribution in [1.29, 1.82) is 0 Å². The van der Waals surface area contributed by atoms with Gasteiger partial charge in [-0.25, -0.2) is 4.98 Å². The van der Waals surface area contributed by atoms with E-state index in [1.165, 1.54) is 12.0 Å². The van der Waals surface area contributed by atoms with Gasteiger partial charge in [0.1, 0.15) is 5.82 Å². The van der Waals surface area contributed by atoms with Gasteiger partial charge in [0.2, 0.25) is 0 Å². The maximum Gasteiger partial charge on any atom is 0.104 e. The molecule has 0 spiro atoms. The van der Waals surface area contributed by atoms with Crippen LogP contribution in [-0.2, 0) is 6.54 Å². The van der Waals surface area contributed by atoms with Crippen molar-refractivity contribution >= 4 is 11.0 Å². The van der Waals surface area contributed by atoms with Crippen LogP contribution < -0.4 is 10.6 Å². The highest BCUT2D eigenvalue weighted by molar-refractivity contribution is 5.75. The first-order valence-corrected chi connectivity index (χ1v) is 7.03. The highest BCUT2D eigenvalue weighted by Gasteiger charge is 2.05. The zero-order valence-electron chi connectivity index (χ0n) is 12.1.